The molecule has 0 unspecified atom stereocenters. The summed E-state index contributed by atoms with van der Waals surface area (Å²) in [5.74, 6) is -0.506. The molecule has 1 aromatic heterocycles. The number of halogens is 2. The van der Waals surface area contributed by atoms with Crippen LogP contribution >= 0.6 is 31.9 Å². The van der Waals surface area contributed by atoms with E-state index in [0.717, 1.165) is 11.3 Å². The Morgan fingerprint density at radius 1 is 1.09 bits per heavy atom. The zero-order chi connectivity index (χ0) is 23.5. The number of aromatic nitrogens is 2. The summed E-state index contributed by atoms with van der Waals surface area (Å²) in [6, 6.07) is 12.9. The first-order chi connectivity index (χ1) is 15.8. The molecule has 4 rings (SSSR count). The third-order valence-electron chi connectivity index (χ3n) is 5.78. The molecule has 172 valence electrons. The van der Waals surface area contributed by atoms with Crippen molar-refractivity contribution < 1.29 is 9.59 Å². The molecule has 33 heavy (non-hydrogen) atoms. The van der Waals surface area contributed by atoms with Crippen molar-refractivity contribution in [2.24, 2.45) is 0 Å². The average molecular weight is 577 g/mol. The van der Waals surface area contributed by atoms with Crippen LogP contribution in [0.15, 0.2) is 62.4 Å². The Labute approximate surface area is 207 Å². The van der Waals surface area contributed by atoms with Gasteiger partial charge in [0.15, 0.2) is 0 Å². The fourth-order valence-electron chi connectivity index (χ4n) is 3.92. The summed E-state index contributed by atoms with van der Waals surface area (Å²) in [6.45, 7) is 0.957. The van der Waals surface area contributed by atoms with Crippen LogP contribution in [-0.4, -0.2) is 45.9 Å². The molecule has 0 aliphatic carbocycles. The van der Waals surface area contributed by atoms with Crippen molar-refractivity contribution >= 4 is 49.4 Å². The highest BCUT2D eigenvalue weighted by molar-refractivity contribution is 9.11. The molecule has 1 aliphatic rings. The predicted molar refractivity (Wildman–Crippen MR) is 134 cm³/mol. The SMILES string of the molecule is Nc1c(Br)cc(C(=O)NCC(=O)N2CCC(n3cc(-c4ccccc4)[nH]c3=O)CC2)cc1Br. The number of hydrogen-bond acceptors (Lipinski definition) is 4. The summed E-state index contributed by atoms with van der Waals surface area (Å²) in [7, 11) is 0. The monoisotopic (exact) mass is 575 g/mol. The molecule has 1 fully saturated rings. The Kier molecular flexibility index (Phi) is 7.04. The van der Waals surface area contributed by atoms with Crippen LogP contribution in [0.4, 0.5) is 5.69 Å². The van der Waals surface area contributed by atoms with Gasteiger partial charge in [0.2, 0.25) is 5.91 Å². The fourth-order valence-corrected chi connectivity index (χ4v) is 5.11. The lowest BCUT2D eigenvalue weighted by molar-refractivity contribution is -0.131. The third-order valence-corrected chi connectivity index (χ3v) is 7.09. The maximum absolute atomic E-state index is 12.6. The van der Waals surface area contributed by atoms with Crippen LogP contribution in [0.1, 0.15) is 29.2 Å². The number of nitrogens with one attached hydrogen (secondary N) is 2. The number of aromatic amines is 1. The van der Waals surface area contributed by atoms with E-state index in [4.69, 9.17) is 5.73 Å². The van der Waals surface area contributed by atoms with Crippen molar-refractivity contribution in [3.05, 3.63) is 73.7 Å². The number of benzene rings is 2. The van der Waals surface area contributed by atoms with Crippen LogP contribution in [-0.2, 0) is 4.79 Å². The molecule has 0 bridgehead atoms. The third kappa shape index (κ3) is 5.22. The number of nitrogen functional groups attached to an aromatic ring is 1. The number of likely N-dealkylation sites (tertiary alicyclic amines) is 1. The summed E-state index contributed by atoms with van der Waals surface area (Å²) >= 11 is 6.63. The van der Waals surface area contributed by atoms with Gasteiger partial charge in [-0.05, 0) is 62.4 Å². The van der Waals surface area contributed by atoms with E-state index in [1.165, 1.54) is 0 Å². The first-order valence-electron chi connectivity index (χ1n) is 10.5. The van der Waals surface area contributed by atoms with Gasteiger partial charge >= 0.3 is 5.69 Å². The Balaban J connectivity index is 1.32. The van der Waals surface area contributed by atoms with Crippen LogP contribution in [0.2, 0.25) is 0 Å². The standard InChI is InChI=1S/C23H23Br2N5O3/c24-17-10-15(11-18(25)21(17)26)22(32)27-12-20(31)29-8-6-16(7-9-29)30-13-19(28-23(30)33)14-4-2-1-3-5-14/h1-5,10-11,13,16H,6-9,12,26H2,(H,27,32)(H,28,33). The van der Waals surface area contributed by atoms with Gasteiger partial charge in [0.1, 0.15) is 0 Å². The van der Waals surface area contributed by atoms with Gasteiger partial charge in [-0.15, -0.1) is 0 Å². The lowest BCUT2D eigenvalue weighted by Crippen LogP contribution is -2.45. The number of nitrogens with two attached hydrogens (primary N) is 1. The normalized spacial score (nSPS) is 14.3. The molecule has 0 saturated carbocycles. The molecular weight excluding hydrogens is 554 g/mol. The van der Waals surface area contributed by atoms with E-state index in [9.17, 15) is 14.4 Å². The predicted octanol–water partition coefficient (Wildman–Crippen LogP) is 3.54. The van der Waals surface area contributed by atoms with Gasteiger partial charge in [-0.1, -0.05) is 30.3 Å². The minimum absolute atomic E-state index is 0.0225. The number of anilines is 1. The molecule has 1 saturated heterocycles. The molecule has 2 amide bonds. The van der Waals surface area contributed by atoms with Crippen molar-refractivity contribution in [3.63, 3.8) is 0 Å². The Morgan fingerprint density at radius 3 is 2.36 bits per heavy atom. The van der Waals surface area contributed by atoms with Crippen LogP contribution in [0, 0.1) is 0 Å². The van der Waals surface area contributed by atoms with E-state index < -0.39 is 0 Å². The Hall–Kier alpha value is -2.85. The smallest absolute Gasteiger partial charge is 0.326 e. The van der Waals surface area contributed by atoms with Crippen molar-refractivity contribution in [1.29, 1.82) is 0 Å². The molecule has 2 heterocycles. The average Bonchev–Trinajstić information content (AvgIpc) is 3.22. The van der Waals surface area contributed by atoms with Gasteiger partial charge in [-0.2, -0.15) is 0 Å². The number of nitrogens with zero attached hydrogens (tertiary/aromatic N) is 2. The topological polar surface area (TPSA) is 113 Å². The number of carbonyl (C=O) groups excluding carboxylic acids is 2. The summed E-state index contributed by atoms with van der Waals surface area (Å²) in [5.41, 5.74) is 8.35. The number of rotatable bonds is 5. The summed E-state index contributed by atoms with van der Waals surface area (Å²) in [4.78, 5) is 42.2. The molecule has 2 aromatic carbocycles. The molecule has 1 aliphatic heterocycles. The molecule has 0 atom stereocenters. The van der Waals surface area contributed by atoms with Gasteiger partial charge in [0, 0.05) is 39.8 Å². The first kappa shape index (κ1) is 23.3. The molecule has 4 N–H and O–H groups in total. The Bertz CT molecular complexity index is 1210. The highest BCUT2D eigenvalue weighted by Crippen LogP contribution is 2.29. The second-order valence-electron chi connectivity index (χ2n) is 7.89. The minimum atomic E-state index is -0.355. The first-order valence-corrected chi connectivity index (χ1v) is 12.1. The maximum atomic E-state index is 12.6. The van der Waals surface area contributed by atoms with Crippen molar-refractivity contribution in [2.75, 3.05) is 25.4 Å². The van der Waals surface area contributed by atoms with Gasteiger partial charge in [-0.25, -0.2) is 4.79 Å². The zero-order valence-corrected chi connectivity index (χ0v) is 20.9. The lowest BCUT2D eigenvalue weighted by atomic mass is 10.0. The van der Waals surface area contributed by atoms with E-state index >= 15 is 0 Å². The number of carbonyl (C=O) groups is 2. The molecular formula is C23H23Br2N5O3. The largest absolute Gasteiger partial charge is 0.397 e. The van der Waals surface area contributed by atoms with E-state index in [1.807, 2.05) is 36.5 Å². The molecule has 0 spiro atoms. The van der Waals surface area contributed by atoms with Crippen molar-refractivity contribution in [2.45, 2.75) is 18.9 Å². The van der Waals surface area contributed by atoms with Gasteiger partial charge in [0.25, 0.3) is 5.91 Å². The molecule has 3 aromatic rings. The van der Waals surface area contributed by atoms with Crippen LogP contribution in [0.3, 0.4) is 0 Å². The number of amides is 2. The van der Waals surface area contributed by atoms with Crippen molar-refractivity contribution in [1.82, 2.24) is 19.8 Å². The second-order valence-corrected chi connectivity index (χ2v) is 9.60. The van der Waals surface area contributed by atoms with Crippen LogP contribution in [0.25, 0.3) is 11.3 Å². The fraction of sp³-hybridized carbons (Fsp3) is 0.261. The van der Waals surface area contributed by atoms with E-state index in [0.29, 0.717) is 46.1 Å². The summed E-state index contributed by atoms with van der Waals surface area (Å²) in [5, 5.41) is 2.67. The zero-order valence-electron chi connectivity index (χ0n) is 17.7. The van der Waals surface area contributed by atoms with Crippen LogP contribution < -0.4 is 16.7 Å². The number of hydrogen-bond donors (Lipinski definition) is 3. The molecule has 8 nitrogen and oxygen atoms in total. The molecule has 0 radical (unpaired) electrons. The van der Waals surface area contributed by atoms with Gasteiger partial charge < -0.3 is 20.9 Å². The summed E-state index contributed by atoms with van der Waals surface area (Å²) < 4.78 is 2.93. The van der Waals surface area contributed by atoms with Crippen LogP contribution in [0.5, 0.6) is 0 Å². The van der Waals surface area contributed by atoms with E-state index in [1.54, 1.807) is 21.6 Å². The van der Waals surface area contributed by atoms with Gasteiger partial charge in [-0.3, -0.25) is 14.2 Å². The van der Waals surface area contributed by atoms with E-state index in [2.05, 4.69) is 42.2 Å². The van der Waals surface area contributed by atoms with E-state index in [-0.39, 0.29) is 30.1 Å². The maximum Gasteiger partial charge on any atom is 0.326 e. The minimum Gasteiger partial charge on any atom is -0.397 e. The van der Waals surface area contributed by atoms with Gasteiger partial charge in [0.05, 0.1) is 17.9 Å². The van der Waals surface area contributed by atoms with Crippen molar-refractivity contribution in [3.8, 4) is 11.3 Å². The quantitative estimate of drug-likeness (QED) is 0.403. The second kappa shape index (κ2) is 9.96. The number of imidazole rings is 1. The lowest BCUT2D eigenvalue weighted by Gasteiger charge is -2.32. The molecule has 10 heteroatoms. The highest BCUT2D eigenvalue weighted by Gasteiger charge is 2.25. The summed E-state index contributed by atoms with van der Waals surface area (Å²) in [6.07, 6.45) is 3.19. The highest BCUT2D eigenvalue weighted by atomic mass is 79.9. The number of piperidine rings is 1. The number of H-pyrrole nitrogens is 1. The Morgan fingerprint density at radius 2 is 1.73 bits per heavy atom.